The largest absolute Gasteiger partial charge is 0.481 e. The summed E-state index contributed by atoms with van der Waals surface area (Å²) >= 11 is 0. The van der Waals surface area contributed by atoms with Gasteiger partial charge >= 0.3 is 23.9 Å². The van der Waals surface area contributed by atoms with Crippen LogP contribution in [0, 0.1) is 0 Å². The standard InChI is InChI=1S/C9H10O8/c1-15-7(12)3-5-9(14)16-4(2-6(10)11)8(13)17-5/h4-5H,2-3H2,1H3,(H,10,11). The fourth-order valence-electron chi connectivity index (χ4n) is 1.17. The van der Waals surface area contributed by atoms with E-state index < -0.39 is 48.9 Å². The highest BCUT2D eigenvalue weighted by Crippen LogP contribution is 2.16. The van der Waals surface area contributed by atoms with Crippen LogP contribution in [-0.2, 0) is 33.4 Å². The van der Waals surface area contributed by atoms with Gasteiger partial charge in [0.05, 0.1) is 20.0 Å². The zero-order valence-electron chi connectivity index (χ0n) is 8.87. The van der Waals surface area contributed by atoms with Crippen molar-refractivity contribution in [3.05, 3.63) is 0 Å². The second-order valence-corrected chi connectivity index (χ2v) is 3.23. The Bertz CT molecular complexity index is 360. The first-order valence-corrected chi connectivity index (χ1v) is 4.63. The summed E-state index contributed by atoms with van der Waals surface area (Å²) in [6.07, 6.45) is -3.97. The van der Waals surface area contributed by atoms with Crippen LogP contribution in [-0.4, -0.2) is 48.3 Å². The molecular weight excluding hydrogens is 236 g/mol. The molecule has 0 radical (unpaired) electrons. The molecule has 2 unspecified atom stereocenters. The maximum absolute atomic E-state index is 11.3. The lowest BCUT2D eigenvalue weighted by Crippen LogP contribution is -2.45. The van der Waals surface area contributed by atoms with Crippen molar-refractivity contribution in [1.29, 1.82) is 0 Å². The highest BCUT2D eigenvalue weighted by Gasteiger charge is 2.40. The van der Waals surface area contributed by atoms with E-state index in [0.29, 0.717) is 0 Å². The van der Waals surface area contributed by atoms with E-state index >= 15 is 0 Å². The summed E-state index contributed by atoms with van der Waals surface area (Å²) in [5, 5.41) is 8.45. The van der Waals surface area contributed by atoms with Crippen LogP contribution >= 0.6 is 0 Å². The van der Waals surface area contributed by atoms with E-state index in [1.807, 2.05) is 0 Å². The number of carboxylic acid groups (broad SMARTS) is 1. The highest BCUT2D eigenvalue weighted by molar-refractivity contribution is 5.91. The van der Waals surface area contributed by atoms with Crippen molar-refractivity contribution in [3.8, 4) is 0 Å². The lowest BCUT2D eigenvalue weighted by atomic mass is 10.2. The number of carbonyl (C=O) groups is 4. The summed E-state index contributed by atoms with van der Waals surface area (Å²) in [5.74, 6) is -3.98. The molecule has 8 nitrogen and oxygen atoms in total. The van der Waals surface area contributed by atoms with E-state index in [2.05, 4.69) is 14.2 Å². The van der Waals surface area contributed by atoms with Gasteiger partial charge < -0.3 is 19.3 Å². The average Bonchev–Trinajstić information content (AvgIpc) is 2.24. The Morgan fingerprint density at radius 3 is 2.06 bits per heavy atom. The Balaban J connectivity index is 2.61. The molecule has 2 atom stereocenters. The molecule has 0 bridgehead atoms. The topological polar surface area (TPSA) is 116 Å². The van der Waals surface area contributed by atoms with E-state index in [1.165, 1.54) is 0 Å². The number of hydrogen-bond acceptors (Lipinski definition) is 7. The van der Waals surface area contributed by atoms with Crippen LogP contribution in [0.15, 0.2) is 0 Å². The van der Waals surface area contributed by atoms with Crippen LogP contribution in [0.2, 0.25) is 0 Å². The van der Waals surface area contributed by atoms with Gasteiger partial charge in [-0.05, 0) is 0 Å². The molecule has 8 heteroatoms. The number of aliphatic carboxylic acids is 1. The lowest BCUT2D eigenvalue weighted by Gasteiger charge is -2.25. The molecule has 1 saturated heterocycles. The van der Waals surface area contributed by atoms with E-state index in [-0.39, 0.29) is 0 Å². The molecule has 0 amide bonds. The SMILES string of the molecule is COC(=O)CC1OC(=O)C(CC(=O)O)OC1=O. The van der Waals surface area contributed by atoms with E-state index in [4.69, 9.17) is 5.11 Å². The zero-order chi connectivity index (χ0) is 13.0. The van der Waals surface area contributed by atoms with Gasteiger partial charge in [-0.15, -0.1) is 0 Å². The normalized spacial score (nSPS) is 23.6. The summed E-state index contributed by atoms with van der Waals surface area (Å²) < 4.78 is 13.5. The molecule has 94 valence electrons. The van der Waals surface area contributed by atoms with Gasteiger partial charge in [0, 0.05) is 0 Å². The number of methoxy groups -OCH3 is 1. The Kier molecular flexibility index (Phi) is 4.02. The third-order valence-electron chi connectivity index (χ3n) is 1.98. The van der Waals surface area contributed by atoms with Crippen LogP contribution in [0.4, 0.5) is 0 Å². The minimum absolute atomic E-state index is 0.457. The van der Waals surface area contributed by atoms with Gasteiger partial charge in [-0.25, -0.2) is 9.59 Å². The Hall–Kier alpha value is -2.12. The van der Waals surface area contributed by atoms with Crippen molar-refractivity contribution in [1.82, 2.24) is 0 Å². The van der Waals surface area contributed by atoms with Gasteiger partial charge in [-0.2, -0.15) is 0 Å². The van der Waals surface area contributed by atoms with Crippen molar-refractivity contribution in [2.45, 2.75) is 25.0 Å². The number of esters is 3. The van der Waals surface area contributed by atoms with Gasteiger partial charge in [-0.3, -0.25) is 9.59 Å². The minimum Gasteiger partial charge on any atom is -0.481 e. The quantitative estimate of drug-likeness (QED) is 0.488. The number of carbonyl (C=O) groups excluding carboxylic acids is 3. The van der Waals surface area contributed by atoms with Crippen molar-refractivity contribution < 1.29 is 38.5 Å². The summed E-state index contributed by atoms with van der Waals surface area (Å²) in [7, 11) is 1.12. The van der Waals surface area contributed by atoms with Crippen molar-refractivity contribution >= 4 is 23.9 Å². The lowest BCUT2D eigenvalue weighted by molar-refractivity contribution is -0.198. The summed E-state index contributed by atoms with van der Waals surface area (Å²) in [5.41, 5.74) is 0. The molecule has 1 fully saturated rings. The Morgan fingerprint density at radius 1 is 1.18 bits per heavy atom. The fourth-order valence-corrected chi connectivity index (χ4v) is 1.17. The van der Waals surface area contributed by atoms with Crippen molar-refractivity contribution in [3.63, 3.8) is 0 Å². The number of ether oxygens (including phenoxy) is 3. The van der Waals surface area contributed by atoms with E-state index in [1.54, 1.807) is 0 Å². The highest BCUT2D eigenvalue weighted by atomic mass is 16.6. The molecule has 1 N–H and O–H groups in total. The summed E-state index contributed by atoms with van der Waals surface area (Å²) in [6, 6.07) is 0. The summed E-state index contributed by atoms with van der Waals surface area (Å²) in [4.78, 5) is 43.8. The smallest absolute Gasteiger partial charge is 0.348 e. The number of hydrogen-bond donors (Lipinski definition) is 1. The first kappa shape index (κ1) is 12.9. The van der Waals surface area contributed by atoms with Gasteiger partial charge in [0.25, 0.3) is 0 Å². The van der Waals surface area contributed by atoms with E-state index in [0.717, 1.165) is 7.11 Å². The minimum atomic E-state index is -1.46. The number of cyclic esters (lactones) is 2. The second-order valence-electron chi connectivity index (χ2n) is 3.23. The molecule has 17 heavy (non-hydrogen) atoms. The second kappa shape index (κ2) is 5.28. The van der Waals surface area contributed by atoms with Crippen LogP contribution in [0.3, 0.4) is 0 Å². The van der Waals surface area contributed by atoms with Gasteiger partial charge in [0.15, 0.2) is 0 Å². The first-order valence-electron chi connectivity index (χ1n) is 4.63. The number of carboxylic acids is 1. The molecule has 0 saturated carbocycles. The number of rotatable bonds is 4. The van der Waals surface area contributed by atoms with E-state index in [9.17, 15) is 19.2 Å². The third-order valence-corrected chi connectivity index (χ3v) is 1.98. The molecule has 1 rings (SSSR count). The van der Waals surface area contributed by atoms with Crippen LogP contribution in [0.1, 0.15) is 12.8 Å². The third kappa shape index (κ3) is 3.44. The van der Waals surface area contributed by atoms with Gasteiger partial charge in [0.1, 0.15) is 0 Å². The monoisotopic (exact) mass is 246 g/mol. The molecule has 0 aromatic rings. The molecular formula is C9H10O8. The summed E-state index contributed by atoms with van der Waals surface area (Å²) in [6.45, 7) is 0. The van der Waals surface area contributed by atoms with Crippen LogP contribution in [0.5, 0.6) is 0 Å². The molecule has 0 aromatic heterocycles. The van der Waals surface area contributed by atoms with Crippen molar-refractivity contribution in [2.24, 2.45) is 0 Å². The van der Waals surface area contributed by atoms with Crippen LogP contribution in [0.25, 0.3) is 0 Å². The predicted octanol–water partition coefficient (Wildman–Crippen LogP) is -1.14. The Morgan fingerprint density at radius 2 is 1.65 bits per heavy atom. The molecule has 1 aliphatic rings. The van der Waals surface area contributed by atoms with Crippen LogP contribution < -0.4 is 0 Å². The maximum atomic E-state index is 11.3. The average molecular weight is 246 g/mol. The molecule has 0 spiro atoms. The molecule has 1 aliphatic heterocycles. The molecule has 0 aromatic carbocycles. The Labute approximate surface area is 95.4 Å². The molecule has 0 aliphatic carbocycles. The van der Waals surface area contributed by atoms with Gasteiger partial charge in [-0.1, -0.05) is 0 Å². The maximum Gasteiger partial charge on any atom is 0.348 e. The molecule has 1 heterocycles. The zero-order valence-corrected chi connectivity index (χ0v) is 8.87. The predicted molar refractivity (Wildman–Crippen MR) is 48.6 cm³/mol. The van der Waals surface area contributed by atoms with Crippen molar-refractivity contribution in [2.75, 3.05) is 7.11 Å². The van der Waals surface area contributed by atoms with Gasteiger partial charge in [0.2, 0.25) is 12.2 Å². The first-order chi connectivity index (χ1) is 7.93. The fraction of sp³-hybridized carbons (Fsp3) is 0.556.